The smallest absolute Gasteiger partial charge is 0.0815 e. The monoisotopic (exact) mass is 277 g/mol. The number of nitrogens with one attached hydrogen (secondary N) is 1. The number of halogens is 1. The molecule has 2 aromatic rings. The zero-order chi connectivity index (χ0) is 13.8. The van der Waals surface area contributed by atoms with E-state index >= 15 is 0 Å². The Balaban J connectivity index is 2.06. The van der Waals surface area contributed by atoms with Gasteiger partial charge in [-0.2, -0.15) is 5.10 Å². The molecule has 1 aromatic carbocycles. The van der Waals surface area contributed by atoms with E-state index in [1.54, 1.807) is 0 Å². The van der Waals surface area contributed by atoms with Crippen LogP contribution in [0.4, 0.5) is 0 Å². The molecule has 3 nitrogen and oxygen atoms in total. The van der Waals surface area contributed by atoms with Crippen molar-refractivity contribution < 1.29 is 0 Å². The number of aryl methyl sites for hydroxylation is 1. The number of hydrogen-bond acceptors (Lipinski definition) is 2. The average molecular weight is 278 g/mol. The Morgan fingerprint density at radius 1 is 1.32 bits per heavy atom. The first-order valence-corrected chi connectivity index (χ1v) is 6.91. The Kier molecular flexibility index (Phi) is 4.61. The molecule has 102 valence electrons. The van der Waals surface area contributed by atoms with E-state index < -0.39 is 0 Å². The molecule has 1 heterocycles. The molecule has 0 aliphatic rings. The molecule has 1 aromatic heterocycles. The van der Waals surface area contributed by atoms with Gasteiger partial charge >= 0.3 is 0 Å². The van der Waals surface area contributed by atoms with Gasteiger partial charge < -0.3 is 5.32 Å². The van der Waals surface area contributed by atoms with E-state index in [4.69, 9.17) is 11.6 Å². The van der Waals surface area contributed by atoms with Crippen molar-refractivity contribution in [1.82, 2.24) is 15.1 Å². The largest absolute Gasteiger partial charge is 0.319 e. The number of hydrogen-bond donors (Lipinski definition) is 1. The lowest BCUT2D eigenvalue weighted by Crippen LogP contribution is -2.14. The minimum atomic E-state index is 0.528. The fourth-order valence-electron chi connectivity index (χ4n) is 2.14. The topological polar surface area (TPSA) is 29.9 Å². The second kappa shape index (κ2) is 6.22. The molecule has 0 amide bonds. The van der Waals surface area contributed by atoms with Crippen LogP contribution in [-0.2, 0) is 6.54 Å². The van der Waals surface area contributed by atoms with Gasteiger partial charge in [-0.05, 0) is 31.0 Å². The van der Waals surface area contributed by atoms with E-state index in [1.165, 1.54) is 11.1 Å². The van der Waals surface area contributed by atoms with Gasteiger partial charge in [0.05, 0.1) is 17.3 Å². The lowest BCUT2D eigenvalue weighted by atomic mass is 10.00. The van der Waals surface area contributed by atoms with Crippen molar-refractivity contribution >= 4 is 11.6 Å². The molecule has 19 heavy (non-hydrogen) atoms. The van der Waals surface area contributed by atoms with Gasteiger partial charge in [0.15, 0.2) is 0 Å². The van der Waals surface area contributed by atoms with Crippen LogP contribution < -0.4 is 5.32 Å². The Hall–Kier alpha value is -1.32. The van der Waals surface area contributed by atoms with Crippen LogP contribution in [0.5, 0.6) is 0 Å². The fraction of sp³-hybridized carbons (Fsp3) is 0.400. The highest BCUT2D eigenvalue weighted by Crippen LogP contribution is 2.17. The summed E-state index contributed by atoms with van der Waals surface area (Å²) in [5, 5.41) is 8.29. The van der Waals surface area contributed by atoms with Crippen molar-refractivity contribution in [2.75, 3.05) is 13.6 Å². The molecule has 0 radical (unpaired) electrons. The van der Waals surface area contributed by atoms with Crippen LogP contribution in [0.3, 0.4) is 0 Å². The molecular weight excluding hydrogens is 258 g/mol. The maximum atomic E-state index is 6.01. The second-order valence-electron chi connectivity index (χ2n) is 4.96. The first-order valence-electron chi connectivity index (χ1n) is 6.53. The summed E-state index contributed by atoms with van der Waals surface area (Å²) in [7, 11) is 1.98. The Morgan fingerprint density at radius 3 is 2.53 bits per heavy atom. The summed E-state index contributed by atoms with van der Waals surface area (Å²) in [5.74, 6) is 0.528. The summed E-state index contributed by atoms with van der Waals surface area (Å²) in [6.45, 7) is 5.89. The predicted molar refractivity (Wildman–Crippen MR) is 79.9 cm³/mol. The Bertz CT molecular complexity index is 511. The van der Waals surface area contributed by atoms with E-state index in [2.05, 4.69) is 41.6 Å². The van der Waals surface area contributed by atoms with Gasteiger partial charge in [0.25, 0.3) is 0 Å². The van der Waals surface area contributed by atoms with Crippen molar-refractivity contribution in [3.05, 3.63) is 52.3 Å². The van der Waals surface area contributed by atoms with Crippen LogP contribution in [0.2, 0.25) is 5.02 Å². The van der Waals surface area contributed by atoms with Gasteiger partial charge in [-0.1, -0.05) is 42.8 Å². The van der Waals surface area contributed by atoms with Crippen molar-refractivity contribution in [3.8, 4) is 0 Å². The molecule has 1 N–H and O–H groups in total. The maximum absolute atomic E-state index is 6.01. The summed E-state index contributed by atoms with van der Waals surface area (Å²) < 4.78 is 1.88. The molecular formula is C15H20ClN3. The highest BCUT2D eigenvalue weighted by atomic mass is 35.5. The summed E-state index contributed by atoms with van der Waals surface area (Å²) in [6.07, 6.45) is 1.87. The van der Waals surface area contributed by atoms with Gasteiger partial charge in [0, 0.05) is 12.7 Å². The van der Waals surface area contributed by atoms with Crippen molar-refractivity contribution in [2.45, 2.75) is 26.3 Å². The zero-order valence-corrected chi connectivity index (χ0v) is 12.4. The summed E-state index contributed by atoms with van der Waals surface area (Å²) in [6, 6.07) is 8.70. The van der Waals surface area contributed by atoms with Crippen LogP contribution in [-0.4, -0.2) is 23.4 Å². The number of aromatic nitrogens is 2. The number of nitrogens with zero attached hydrogens (tertiary/aromatic N) is 2. The number of rotatable bonds is 5. The highest BCUT2D eigenvalue weighted by Gasteiger charge is 2.05. The lowest BCUT2D eigenvalue weighted by Gasteiger charge is -2.11. The molecule has 0 saturated carbocycles. The average Bonchev–Trinajstić information content (AvgIpc) is 2.69. The van der Waals surface area contributed by atoms with Gasteiger partial charge in [-0.25, -0.2) is 0 Å². The normalized spacial score (nSPS) is 12.6. The van der Waals surface area contributed by atoms with E-state index in [1.807, 2.05) is 24.9 Å². The minimum absolute atomic E-state index is 0.528. The van der Waals surface area contributed by atoms with Crippen LogP contribution in [0.15, 0.2) is 30.5 Å². The molecule has 0 spiro atoms. The molecule has 0 bridgehead atoms. The summed E-state index contributed by atoms with van der Waals surface area (Å²) in [5.41, 5.74) is 3.47. The van der Waals surface area contributed by atoms with E-state index in [9.17, 15) is 0 Å². The highest BCUT2D eigenvalue weighted by molar-refractivity contribution is 6.31. The van der Waals surface area contributed by atoms with E-state index in [0.717, 1.165) is 23.8 Å². The second-order valence-corrected chi connectivity index (χ2v) is 5.37. The Morgan fingerprint density at radius 2 is 2.00 bits per heavy atom. The van der Waals surface area contributed by atoms with Crippen molar-refractivity contribution in [3.63, 3.8) is 0 Å². The van der Waals surface area contributed by atoms with Crippen LogP contribution in [0.25, 0.3) is 0 Å². The van der Waals surface area contributed by atoms with Crippen LogP contribution in [0, 0.1) is 6.92 Å². The molecule has 0 aliphatic carbocycles. The molecule has 0 saturated heterocycles. The zero-order valence-electron chi connectivity index (χ0n) is 11.7. The Labute approximate surface area is 119 Å². The van der Waals surface area contributed by atoms with Crippen molar-refractivity contribution in [1.29, 1.82) is 0 Å². The quantitative estimate of drug-likeness (QED) is 0.909. The SMILES string of the molecule is CNCC(C)c1ccc(Cn2cc(Cl)c(C)n2)cc1. The predicted octanol–water partition coefficient (Wildman–Crippen LogP) is 3.22. The van der Waals surface area contributed by atoms with Gasteiger partial charge in [0.1, 0.15) is 0 Å². The van der Waals surface area contributed by atoms with E-state index in [0.29, 0.717) is 5.92 Å². The molecule has 2 rings (SSSR count). The molecule has 0 fully saturated rings. The molecule has 4 heteroatoms. The first kappa shape index (κ1) is 14.1. The van der Waals surface area contributed by atoms with Gasteiger partial charge in [-0.15, -0.1) is 0 Å². The fourth-order valence-corrected chi connectivity index (χ4v) is 2.29. The third kappa shape index (κ3) is 3.58. The molecule has 1 atom stereocenters. The number of likely N-dealkylation sites (N-methyl/N-ethyl adjacent to an activating group) is 1. The molecule has 1 unspecified atom stereocenters. The minimum Gasteiger partial charge on any atom is -0.319 e. The summed E-state index contributed by atoms with van der Waals surface area (Å²) in [4.78, 5) is 0. The van der Waals surface area contributed by atoms with E-state index in [-0.39, 0.29) is 0 Å². The first-order chi connectivity index (χ1) is 9.10. The lowest BCUT2D eigenvalue weighted by molar-refractivity contribution is 0.670. The van der Waals surface area contributed by atoms with Crippen LogP contribution >= 0.6 is 11.6 Å². The standard InChI is InChI=1S/C15H20ClN3/c1-11(8-17-3)14-6-4-13(5-7-14)9-19-10-15(16)12(2)18-19/h4-7,10-11,17H,8-9H2,1-3H3. The summed E-state index contributed by atoms with van der Waals surface area (Å²) >= 11 is 6.01. The van der Waals surface area contributed by atoms with Gasteiger partial charge in [-0.3, -0.25) is 4.68 Å². The van der Waals surface area contributed by atoms with Crippen LogP contribution in [0.1, 0.15) is 29.7 Å². The third-order valence-corrected chi connectivity index (χ3v) is 3.66. The van der Waals surface area contributed by atoms with Gasteiger partial charge in [0.2, 0.25) is 0 Å². The van der Waals surface area contributed by atoms with Crippen molar-refractivity contribution in [2.24, 2.45) is 0 Å². The third-order valence-electron chi connectivity index (χ3n) is 3.29. The molecule has 0 aliphatic heterocycles. The maximum Gasteiger partial charge on any atom is 0.0815 e. The number of benzene rings is 1.